The molecule has 61 heavy (non-hydrogen) atoms. The number of phosphoric acid groups is 1. The summed E-state index contributed by atoms with van der Waals surface area (Å²) in [5.41, 5.74) is 0. The molecule has 0 fully saturated rings. The number of nitrogens with one attached hydrogen (secondary N) is 1. The van der Waals surface area contributed by atoms with Crippen LogP contribution in [-0.2, 0) is 18.4 Å². The van der Waals surface area contributed by atoms with E-state index in [1.165, 1.54) is 0 Å². The molecule has 0 spiro atoms. The zero-order valence-corrected chi connectivity index (χ0v) is 39.6. The van der Waals surface area contributed by atoms with Gasteiger partial charge in [-0.25, -0.2) is 0 Å². The topological polar surface area (TPSA) is 128 Å². The Hall–Kier alpha value is -3.14. The largest absolute Gasteiger partial charge is 0.756 e. The number of carbonyl (C=O) groups is 1. The van der Waals surface area contributed by atoms with Crippen molar-refractivity contribution in [2.45, 2.75) is 154 Å². The van der Waals surface area contributed by atoms with Crippen LogP contribution in [0.1, 0.15) is 136 Å². The van der Waals surface area contributed by atoms with E-state index in [1.807, 2.05) is 28.1 Å². The van der Waals surface area contributed by atoms with Gasteiger partial charge in [0.05, 0.1) is 39.9 Å². The first-order chi connectivity index (χ1) is 29.4. The number of phosphoric ester groups is 1. The monoisotopic (exact) mass is 869 g/mol. The molecule has 0 aromatic heterocycles. The maximum atomic E-state index is 12.9. The average Bonchev–Trinajstić information content (AvgIpc) is 3.21. The van der Waals surface area contributed by atoms with E-state index in [2.05, 4.69) is 134 Å². The minimum Gasteiger partial charge on any atom is -0.756 e. The Bertz CT molecular complexity index is 1420. The molecule has 0 saturated carbocycles. The second-order valence-electron chi connectivity index (χ2n) is 16.1. The summed E-state index contributed by atoms with van der Waals surface area (Å²) in [7, 11) is 1.04. The van der Waals surface area contributed by atoms with Gasteiger partial charge in [-0.05, 0) is 116 Å². The van der Waals surface area contributed by atoms with Gasteiger partial charge in [0.25, 0.3) is 7.82 Å². The van der Waals surface area contributed by atoms with E-state index in [0.29, 0.717) is 23.9 Å². The number of hydrogen-bond donors (Lipinski definition) is 3. The van der Waals surface area contributed by atoms with Crippen LogP contribution < -0.4 is 10.2 Å². The van der Waals surface area contributed by atoms with E-state index in [1.54, 1.807) is 0 Å². The summed E-state index contributed by atoms with van der Waals surface area (Å²) in [6.45, 7) is 4.01. The van der Waals surface area contributed by atoms with Gasteiger partial charge in [0.15, 0.2) is 0 Å². The van der Waals surface area contributed by atoms with E-state index < -0.39 is 32.7 Å². The van der Waals surface area contributed by atoms with Gasteiger partial charge in [-0.1, -0.05) is 135 Å². The molecule has 0 rings (SSSR count). The molecular formula is C51H85N2O7P. The number of rotatable bonds is 39. The predicted molar refractivity (Wildman–Crippen MR) is 257 cm³/mol. The standard InChI is InChI=1S/C51H85N2O7P/c1-6-8-10-12-14-16-18-20-21-22-23-24-25-26-27-28-29-30-31-32-34-36-38-40-42-44-50(55)52-48(47-60-61(57,58)59-46-45-53(3,4)5)51(56)49(54)43-41-39-37-35-33-19-17-15-13-11-9-7-2/h7-10,14-17,20-21,23-24,26-27,29-30,32,34-35,37,48-49,51,54,56H,6,11-13,18-19,22,25,28,31,33,36,38-47H2,1-5H3,(H-,52,55,57,58)/b9-7+,10-8-,16-14-,17-15+,21-20-,24-23-,27-26-,30-29-,34-32-,37-35+. The summed E-state index contributed by atoms with van der Waals surface area (Å²) in [5, 5.41) is 24.5. The van der Waals surface area contributed by atoms with Crippen molar-refractivity contribution in [2.75, 3.05) is 40.9 Å². The Morgan fingerprint density at radius 1 is 0.623 bits per heavy atom. The van der Waals surface area contributed by atoms with Gasteiger partial charge in [-0.15, -0.1) is 0 Å². The van der Waals surface area contributed by atoms with Crippen molar-refractivity contribution in [1.29, 1.82) is 0 Å². The number of aliphatic hydroxyl groups excluding tert-OH is 2. The van der Waals surface area contributed by atoms with E-state index in [9.17, 15) is 24.5 Å². The number of hydrogen-bond acceptors (Lipinski definition) is 7. The Morgan fingerprint density at radius 2 is 1.07 bits per heavy atom. The third-order valence-electron chi connectivity index (χ3n) is 9.33. The summed E-state index contributed by atoms with van der Waals surface area (Å²) >= 11 is 0. The quantitative estimate of drug-likeness (QED) is 0.0243. The fraction of sp³-hybridized carbons (Fsp3) is 0.588. The number of nitrogens with zero attached hydrogens (tertiary/aromatic N) is 1. The Balaban J connectivity index is 4.56. The molecule has 0 aliphatic carbocycles. The zero-order chi connectivity index (χ0) is 45.1. The van der Waals surface area contributed by atoms with Crippen molar-refractivity contribution in [3.05, 3.63) is 122 Å². The smallest absolute Gasteiger partial charge is 0.268 e. The molecule has 346 valence electrons. The maximum absolute atomic E-state index is 12.9. The van der Waals surface area contributed by atoms with Crippen LogP contribution >= 0.6 is 7.82 Å². The molecule has 0 saturated heterocycles. The SMILES string of the molecule is C/C=C/CC/C=C/CC/C=C/CCCC(O)C(O)C(COP(=O)([O-])OCC[N+](C)(C)C)NC(=O)CCCCC/C=C\C/C=C\C/C=C\C/C=C\C/C=C\C/C=C\C/C=C\CC. The Morgan fingerprint density at radius 3 is 1.56 bits per heavy atom. The van der Waals surface area contributed by atoms with Crippen LogP contribution in [0.5, 0.6) is 0 Å². The number of allylic oxidation sites excluding steroid dienone is 20. The van der Waals surface area contributed by atoms with Crippen LogP contribution in [0.2, 0.25) is 0 Å². The van der Waals surface area contributed by atoms with Gasteiger partial charge in [-0.3, -0.25) is 9.36 Å². The van der Waals surface area contributed by atoms with Crippen LogP contribution in [0.25, 0.3) is 0 Å². The van der Waals surface area contributed by atoms with Gasteiger partial charge >= 0.3 is 0 Å². The number of carbonyl (C=O) groups excluding carboxylic acids is 1. The molecule has 0 aliphatic rings. The molecule has 0 heterocycles. The molecule has 0 aromatic rings. The molecule has 0 aliphatic heterocycles. The first-order valence-corrected chi connectivity index (χ1v) is 24.4. The molecule has 0 aromatic carbocycles. The van der Waals surface area contributed by atoms with Crippen molar-refractivity contribution < 1.29 is 38.0 Å². The number of likely N-dealkylation sites (N-methyl/N-ethyl adjacent to an activating group) is 1. The highest BCUT2D eigenvalue weighted by Crippen LogP contribution is 2.38. The maximum Gasteiger partial charge on any atom is 0.268 e. The van der Waals surface area contributed by atoms with Crippen molar-refractivity contribution in [1.82, 2.24) is 5.32 Å². The lowest BCUT2D eigenvalue weighted by Crippen LogP contribution is -2.51. The van der Waals surface area contributed by atoms with E-state index >= 15 is 0 Å². The number of amides is 1. The summed E-state index contributed by atoms with van der Waals surface area (Å²) in [5.74, 6) is -0.335. The van der Waals surface area contributed by atoms with E-state index in [4.69, 9.17) is 9.05 Å². The van der Waals surface area contributed by atoms with Crippen LogP contribution in [-0.4, -0.2) is 79.8 Å². The van der Waals surface area contributed by atoms with Gasteiger partial charge in [0.1, 0.15) is 19.3 Å². The van der Waals surface area contributed by atoms with Crippen molar-refractivity contribution >= 4 is 13.7 Å². The van der Waals surface area contributed by atoms with Crippen LogP contribution in [0.15, 0.2) is 122 Å². The molecule has 4 atom stereocenters. The van der Waals surface area contributed by atoms with Gasteiger partial charge < -0.3 is 34.0 Å². The van der Waals surface area contributed by atoms with Crippen LogP contribution in [0.4, 0.5) is 0 Å². The highest BCUT2D eigenvalue weighted by molar-refractivity contribution is 7.45. The third-order valence-corrected chi connectivity index (χ3v) is 10.3. The van der Waals surface area contributed by atoms with Crippen molar-refractivity contribution in [3.63, 3.8) is 0 Å². The van der Waals surface area contributed by atoms with Gasteiger partial charge in [-0.2, -0.15) is 0 Å². The molecule has 9 nitrogen and oxygen atoms in total. The second kappa shape index (κ2) is 40.9. The fourth-order valence-electron chi connectivity index (χ4n) is 5.68. The highest BCUT2D eigenvalue weighted by Gasteiger charge is 2.29. The normalized spacial score (nSPS) is 15.9. The minimum absolute atomic E-state index is 0.0649. The number of quaternary nitrogens is 1. The lowest BCUT2D eigenvalue weighted by Gasteiger charge is -2.31. The first kappa shape index (κ1) is 57.9. The average molecular weight is 869 g/mol. The summed E-state index contributed by atoms with van der Waals surface area (Å²) in [4.78, 5) is 25.4. The summed E-state index contributed by atoms with van der Waals surface area (Å²) in [6, 6.07) is -1.13. The van der Waals surface area contributed by atoms with Crippen molar-refractivity contribution in [2.24, 2.45) is 0 Å². The zero-order valence-electron chi connectivity index (χ0n) is 38.7. The first-order valence-electron chi connectivity index (χ1n) is 22.9. The van der Waals surface area contributed by atoms with E-state index in [0.717, 1.165) is 96.3 Å². The molecule has 0 radical (unpaired) electrons. The molecule has 4 unspecified atom stereocenters. The minimum atomic E-state index is -4.70. The molecule has 3 N–H and O–H groups in total. The second-order valence-corrected chi connectivity index (χ2v) is 17.6. The molecule has 0 bridgehead atoms. The molecule has 10 heteroatoms. The summed E-state index contributed by atoms with van der Waals surface area (Å²) in [6.07, 6.45) is 56.9. The van der Waals surface area contributed by atoms with Crippen LogP contribution in [0, 0.1) is 0 Å². The number of aliphatic hydroxyl groups is 2. The molecular weight excluding hydrogens is 784 g/mol. The lowest BCUT2D eigenvalue weighted by atomic mass is 10.0. The third kappa shape index (κ3) is 42.0. The molecule has 1 amide bonds. The predicted octanol–water partition coefficient (Wildman–Crippen LogP) is 11.4. The van der Waals surface area contributed by atoms with Gasteiger partial charge in [0.2, 0.25) is 5.91 Å². The Kier molecular flexibility index (Phi) is 38.8. The lowest BCUT2D eigenvalue weighted by molar-refractivity contribution is -0.870. The summed E-state index contributed by atoms with van der Waals surface area (Å²) < 4.78 is 23.1. The Labute approximate surface area is 372 Å². The number of unbranched alkanes of at least 4 members (excludes halogenated alkanes) is 6. The highest BCUT2D eigenvalue weighted by atomic mass is 31.2. The fourth-order valence-corrected chi connectivity index (χ4v) is 6.40. The van der Waals surface area contributed by atoms with E-state index in [-0.39, 0.29) is 25.4 Å². The van der Waals surface area contributed by atoms with Crippen molar-refractivity contribution in [3.8, 4) is 0 Å². The van der Waals surface area contributed by atoms with Gasteiger partial charge in [0, 0.05) is 6.42 Å². The van der Waals surface area contributed by atoms with Crippen LogP contribution in [0.3, 0.4) is 0 Å².